The minimum Gasteiger partial charge on any atom is -0.495 e. The molecule has 2 aromatic carbocycles. The molecule has 4 rings (SSSR count). The Hall–Kier alpha value is -2.95. The Morgan fingerprint density at radius 2 is 1.92 bits per heavy atom. The Kier molecular flexibility index (Phi) is 8.39. The minimum atomic E-state index is -4.41. The molecule has 0 radical (unpaired) electrons. The number of thiophene rings is 1. The third kappa shape index (κ3) is 7.38. The maximum Gasteiger partial charge on any atom is 0.393 e. The smallest absolute Gasteiger partial charge is 0.393 e. The molecule has 1 atom stereocenters. The Balaban J connectivity index is 1.60. The molecule has 1 aromatic heterocycles. The SMILES string of the molecule is COc1cc(S(C)(=N)=O)ccc1NCC#Cc1sc2c(NC3CCS(=N)(=O)CC3)cccc2c1CC(F)(F)F. The van der Waals surface area contributed by atoms with Crippen LogP contribution in [0, 0.1) is 21.4 Å². The normalized spacial score (nSPS) is 21.0. The van der Waals surface area contributed by atoms with E-state index in [0.717, 1.165) is 0 Å². The fourth-order valence-corrected chi connectivity index (χ4v) is 7.73. The van der Waals surface area contributed by atoms with E-state index in [1.165, 1.54) is 30.8 Å². The Morgan fingerprint density at radius 3 is 2.56 bits per heavy atom. The van der Waals surface area contributed by atoms with E-state index in [2.05, 4.69) is 22.5 Å². The molecule has 1 aliphatic rings. The highest BCUT2D eigenvalue weighted by molar-refractivity contribution is 7.92. The molecule has 7 nitrogen and oxygen atoms in total. The molecule has 1 fully saturated rings. The summed E-state index contributed by atoms with van der Waals surface area (Å²) in [5, 5.41) is 6.95. The van der Waals surface area contributed by atoms with Crippen LogP contribution in [0.5, 0.6) is 5.75 Å². The van der Waals surface area contributed by atoms with Gasteiger partial charge >= 0.3 is 6.18 Å². The van der Waals surface area contributed by atoms with Gasteiger partial charge in [0.25, 0.3) is 0 Å². The molecule has 3 aromatic rings. The van der Waals surface area contributed by atoms with Gasteiger partial charge in [-0.15, -0.1) is 11.3 Å². The zero-order valence-corrected chi connectivity index (χ0v) is 23.8. The summed E-state index contributed by atoms with van der Waals surface area (Å²) in [7, 11) is -4.01. The predicted octanol–water partition coefficient (Wildman–Crippen LogP) is 6.13. The number of methoxy groups -OCH3 is 1. The summed E-state index contributed by atoms with van der Waals surface area (Å²) in [5.74, 6) is 6.81. The van der Waals surface area contributed by atoms with Gasteiger partial charge in [-0.05, 0) is 48.1 Å². The van der Waals surface area contributed by atoms with Crippen LogP contribution in [0.15, 0.2) is 41.3 Å². The van der Waals surface area contributed by atoms with Gasteiger partial charge in [0, 0.05) is 33.5 Å². The number of rotatable bonds is 7. The van der Waals surface area contributed by atoms with Crippen LogP contribution in [0.1, 0.15) is 23.3 Å². The van der Waals surface area contributed by atoms with Crippen molar-refractivity contribution in [3.63, 3.8) is 0 Å². The first kappa shape index (κ1) is 29.0. The summed E-state index contributed by atoms with van der Waals surface area (Å²) < 4.78 is 86.1. The Bertz CT molecular complexity index is 1640. The summed E-state index contributed by atoms with van der Waals surface area (Å²) in [6.07, 6.45) is -3.06. The van der Waals surface area contributed by atoms with Crippen LogP contribution in [0.3, 0.4) is 0 Å². The summed E-state index contributed by atoms with van der Waals surface area (Å²) in [4.78, 5) is 0.655. The highest BCUT2D eigenvalue weighted by atomic mass is 32.2. The highest BCUT2D eigenvalue weighted by Gasteiger charge is 2.31. The van der Waals surface area contributed by atoms with Crippen molar-refractivity contribution in [2.75, 3.05) is 42.0 Å². The lowest BCUT2D eigenvalue weighted by atomic mass is 10.1. The Labute approximate surface area is 230 Å². The molecular weight excluding hydrogens is 570 g/mol. The van der Waals surface area contributed by atoms with Gasteiger partial charge in [0.05, 0.1) is 55.7 Å². The van der Waals surface area contributed by atoms with E-state index < -0.39 is 32.1 Å². The van der Waals surface area contributed by atoms with Gasteiger partial charge in [-0.2, -0.15) is 13.2 Å². The van der Waals surface area contributed by atoms with Crippen molar-refractivity contribution in [1.29, 1.82) is 9.56 Å². The zero-order chi connectivity index (χ0) is 28.4. The molecule has 0 aliphatic carbocycles. The van der Waals surface area contributed by atoms with Crippen molar-refractivity contribution >= 4 is 52.3 Å². The maximum absolute atomic E-state index is 13.5. The van der Waals surface area contributed by atoms with Crippen LogP contribution < -0.4 is 15.4 Å². The van der Waals surface area contributed by atoms with Crippen molar-refractivity contribution in [3.05, 3.63) is 46.8 Å². The quantitative estimate of drug-likeness (QED) is 0.244. The van der Waals surface area contributed by atoms with E-state index in [1.54, 1.807) is 24.3 Å². The molecule has 0 amide bonds. The zero-order valence-electron chi connectivity index (χ0n) is 21.4. The van der Waals surface area contributed by atoms with E-state index in [4.69, 9.17) is 14.3 Å². The largest absolute Gasteiger partial charge is 0.495 e. The van der Waals surface area contributed by atoms with Gasteiger partial charge in [0.15, 0.2) is 0 Å². The standard InChI is InChI=1S/C26H29F3N4O3S3/c1-36-23-15-18(38(2,30)34)8-9-21(23)32-12-4-7-24-20(16-26(27,28)29)19-5-3-6-22(25(19)37-24)33-17-10-13-39(31,35)14-11-17/h3,5-6,8-9,15,17,30-33H,10-14,16H2,1-2H3. The van der Waals surface area contributed by atoms with Crippen LogP contribution in [0.4, 0.5) is 24.5 Å². The van der Waals surface area contributed by atoms with Crippen LogP contribution in [0.2, 0.25) is 0 Å². The lowest BCUT2D eigenvalue weighted by Crippen LogP contribution is -2.31. The molecule has 0 bridgehead atoms. The maximum atomic E-state index is 13.5. The molecule has 13 heteroatoms. The third-order valence-electron chi connectivity index (χ3n) is 6.34. The van der Waals surface area contributed by atoms with Crippen LogP contribution in [-0.4, -0.2) is 52.1 Å². The van der Waals surface area contributed by atoms with Gasteiger partial charge < -0.3 is 15.4 Å². The number of hydrogen-bond donors (Lipinski definition) is 4. The van der Waals surface area contributed by atoms with Crippen LogP contribution in [0.25, 0.3) is 10.1 Å². The topological polar surface area (TPSA) is 115 Å². The number of ether oxygens (including phenoxy) is 1. The van der Waals surface area contributed by atoms with E-state index in [9.17, 15) is 21.6 Å². The summed E-state index contributed by atoms with van der Waals surface area (Å²) >= 11 is 1.20. The van der Waals surface area contributed by atoms with Crippen molar-refractivity contribution in [2.45, 2.75) is 36.4 Å². The van der Waals surface area contributed by atoms with E-state index in [-0.39, 0.29) is 18.2 Å². The predicted molar refractivity (Wildman–Crippen MR) is 152 cm³/mol. The lowest BCUT2D eigenvalue weighted by Gasteiger charge is -2.25. The molecule has 39 heavy (non-hydrogen) atoms. The second-order valence-electron chi connectivity index (χ2n) is 9.38. The molecule has 0 saturated carbocycles. The van der Waals surface area contributed by atoms with Gasteiger partial charge in [-0.1, -0.05) is 24.0 Å². The first-order valence-corrected chi connectivity index (χ1v) is 16.7. The number of alkyl halides is 3. The van der Waals surface area contributed by atoms with E-state index in [1.807, 2.05) is 6.07 Å². The first-order valence-electron chi connectivity index (χ1n) is 12.0. The molecule has 0 spiro atoms. The van der Waals surface area contributed by atoms with E-state index in [0.29, 0.717) is 61.3 Å². The van der Waals surface area contributed by atoms with E-state index >= 15 is 0 Å². The lowest BCUT2D eigenvalue weighted by molar-refractivity contribution is -0.126. The van der Waals surface area contributed by atoms with Gasteiger partial charge in [0.1, 0.15) is 5.75 Å². The average Bonchev–Trinajstić information content (AvgIpc) is 3.19. The average molecular weight is 599 g/mol. The van der Waals surface area contributed by atoms with Gasteiger partial charge in [-0.3, -0.25) is 4.78 Å². The number of halogens is 3. The van der Waals surface area contributed by atoms with Crippen molar-refractivity contribution in [3.8, 4) is 17.6 Å². The first-order chi connectivity index (χ1) is 18.3. The van der Waals surface area contributed by atoms with Crippen molar-refractivity contribution in [2.24, 2.45) is 0 Å². The van der Waals surface area contributed by atoms with Crippen molar-refractivity contribution < 1.29 is 26.3 Å². The van der Waals surface area contributed by atoms with Gasteiger partial charge in [-0.25, -0.2) is 13.2 Å². The van der Waals surface area contributed by atoms with Crippen molar-refractivity contribution in [1.82, 2.24) is 0 Å². The molecule has 2 heterocycles. The fourth-order valence-electron chi connectivity index (χ4n) is 4.36. The van der Waals surface area contributed by atoms with Crippen LogP contribution in [-0.2, 0) is 25.9 Å². The molecular formula is C26H29F3N4O3S3. The fraction of sp³-hybridized carbons (Fsp3) is 0.385. The number of anilines is 2. The second-order valence-corrected chi connectivity index (χ2v) is 15.0. The summed E-state index contributed by atoms with van der Waals surface area (Å²) in [6.45, 7) is 0.122. The number of benzene rings is 2. The minimum absolute atomic E-state index is 0.0000673. The van der Waals surface area contributed by atoms with Gasteiger partial charge in [0.2, 0.25) is 0 Å². The highest BCUT2D eigenvalue weighted by Crippen LogP contribution is 2.39. The number of hydrogen-bond acceptors (Lipinski definition) is 8. The third-order valence-corrected chi connectivity index (χ3v) is 10.5. The number of nitrogens with one attached hydrogen (secondary N) is 4. The monoisotopic (exact) mass is 598 g/mol. The second kappa shape index (κ2) is 11.3. The number of fused-ring (bicyclic) bond motifs is 1. The summed E-state index contributed by atoms with van der Waals surface area (Å²) in [5.41, 5.74) is 1.40. The summed E-state index contributed by atoms with van der Waals surface area (Å²) in [6, 6.07) is 9.91. The molecule has 1 unspecified atom stereocenters. The molecule has 1 saturated heterocycles. The Morgan fingerprint density at radius 1 is 1.21 bits per heavy atom. The molecule has 1 aliphatic heterocycles. The molecule has 210 valence electrons. The van der Waals surface area contributed by atoms with Crippen LogP contribution >= 0.6 is 11.3 Å². The molecule has 4 N–H and O–H groups in total.